The number of piperidine rings is 1. The van der Waals surface area contributed by atoms with E-state index in [1.807, 2.05) is 0 Å². The van der Waals surface area contributed by atoms with E-state index in [1.54, 1.807) is 7.11 Å². The Balaban J connectivity index is 1.45. The van der Waals surface area contributed by atoms with Gasteiger partial charge in [-0.2, -0.15) is 0 Å². The molecule has 4 rings (SSSR count). The Kier molecular flexibility index (Phi) is 6.11. The van der Waals surface area contributed by atoms with Gasteiger partial charge in [-0.25, -0.2) is 4.39 Å². The van der Waals surface area contributed by atoms with Crippen LogP contribution in [0.5, 0.6) is 5.75 Å². The third kappa shape index (κ3) is 4.10. The molecular formula is C25H34FN3O2. The highest BCUT2D eigenvalue weighted by Crippen LogP contribution is 2.43. The second-order valence-electron chi connectivity index (χ2n) is 9.30. The molecule has 0 spiro atoms. The van der Waals surface area contributed by atoms with E-state index in [1.165, 1.54) is 22.8 Å². The summed E-state index contributed by atoms with van der Waals surface area (Å²) >= 11 is 0. The standard InChI is InChI=1S/C25H34FN3O2/c1-14-15(2)24(31-4)10-8-21(14)16(3)29-19-6-7-20(29)13-18(12-19)28-25(30)17-5-9-23(27)22(26)11-17/h8,10-11,16,18-20H,5-7,9,12-13,27H2,1-4H3,(H,28,30). The number of ether oxygens (including phenoxy) is 1. The Bertz CT molecular complexity index is 925. The summed E-state index contributed by atoms with van der Waals surface area (Å²) in [4.78, 5) is 15.3. The molecule has 3 atom stereocenters. The van der Waals surface area contributed by atoms with Crippen molar-refractivity contribution in [2.75, 3.05) is 7.11 Å². The normalized spacial score (nSPS) is 27.1. The number of hydrogen-bond donors (Lipinski definition) is 2. The second kappa shape index (κ2) is 8.65. The van der Waals surface area contributed by atoms with Crippen LogP contribution in [0.15, 0.2) is 35.3 Å². The fourth-order valence-corrected chi connectivity index (χ4v) is 5.78. The lowest BCUT2D eigenvalue weighted by atomic mass is 9.90. The van der Waals surface area contributed by atoms with Crippen molar-refractivity contribution in [1.29, 1.82) is 0 Å². The summed E-state index contributed by atoms with van der Waals surface area (Å²) in [7, 11) is 1.72. The van der Waals surface area contributed by atoms with Gasteiger partial charge in [0.1, 0.15) is 11.6 Å². The second-order valence-corrected chi connectivity index (χ2v) is 9.30. The number of nitrogens with two attached hydrogens (primary N) is 1. The SMILES string of the molecule is COc1ccc(C(C)N2C3CCC2CC(NC(=O)C2=CC(F)=C(N)CC2)C3)c(C)c1C. The molecule has 2 saturated heterocycles. The van der Waals surface area contributed by atoms with Crippen molar-refractivity contribution in [3.05, 3.63) is 52.0 Å². The summed E-state index contributed by atoms with van der Waals surface area (Å²) in [5.41, 5.74) is 10.2. The molecule has 1 aromatic carbocycles. The molecule has 168 valence electrons. The summed E-state index contributed by atoms with van der Waals surface area (Å²) in [5.74, 6) is 0.323. The highest BCUT2D eigenvalue weighted by atomic mass is 19.1. The van der Waals surface area contributed by atoms with Gasteiger partial charge in [0.05, 0.1) is 7.11 Å². The molecule has 0 radical (unpaired) electrons. The number of methoxy groups -OCH3 is 1. The summed E-state index contributed by atoms with van der Waals surface area (Å²) in [6, 6.07) is 5.63. The number of rotatable bonds is 5. The minimum Gasteiger partial charge on any atom is -0.496 e. The fraction of sp³-hybridized carbons (Fsp3) is 0.560. The lowest BCUT2D eigenvalue weighted by Crippen LogP contribution is -2.51. The Morgan fingerprint density at radius 2 is 1.87 bits per heavy atom. The molecule has 2 heterocycles. The van der Waals surface area contributed by atoms with Gasteiger partial charge in [-0.15, -0.1) is 0 Å². The van der Waals surface area contributed by atoms with Crippen LogP contribution in [-0.2, 0) is 4.79 Å². The summed E-state index contributed by atoms with van der Waals surface area (Å²) in [6.45, 7) is 6.59. The van der Waals surface area contributed by atoms with Gasteiger partial charge in [0.15, 0.2) is 0 Å². The topological polar surface area (TPSA) is 67.6 Å². The highest BCUT2D eigenvalue weighted by Gasteiger charge is 2.43. The van der Waals surface area contributed by atoms with Gasteiger partial charge in [-0.1, -0.05) is 6.07 Å². The van der Waals surface area contributed by atoms with Crippen LogP contribution in [0.1, 0.15) is 68.2 Å². The number of carbonyl (C=O) groups excluding carboxylic acids is 1. The Morgan fingerprint density at radius 1 is 1.19 bits per heavy atom. The maximum Gasteiger partial charge on any atom is 0.247 e. The predicted octanol–water partition coefficient (Wildman–Crippen LogP) is 4.34. The van der Waals surface area contributed by atoms with Crippen molar-refractivity contribution in [2.24, 2.45) is 5.73 Å². The number of halogens is 1. The zero-order valence-electron chi connectivity index (χ0n) is 19.0. The Hall–Kier alpha value is -2.34. The number of hydrogen-bond acceptors (Lipinski definition) is 4. The van der Waals surface area contributed by atoms with Gasteiger partial charge in [-0.3, -0.25) is 9.69 Å². The third-order valence-corrected chi connectivity index (χ3v) is 7.58. The fourth-order valence-electron chi connectivity index (χ4n) is 5.78. The van der Waals surface area contributed by atoms with E-state index >= 15 is 0 Å². The van der Waals surface area contributed by atoms with Crippen LogP contribution < -0.4 is 15.8 Å². The number of carbonyl (C=O) groups is 1. The summed E-state index contributed by atoms with van der Waals surface area (Å²) < 4.78 is 19.3. The van der Waals surface area contributed by atoms with Crippen LogP contribution in [0, 0.1) is 13.8 Å². The quantitative estimate of drug-likeness (QED) is 0.733. The van der Waals surface area contributed by atoms with Gasteiger partial charge in [0.25, 0.3) is 0 Å². The molecule has 1 amide bonds. The molecule has 3 aliphatic rings. The van der Waals surface area contributed by atoms with Gasteiger partial charge in [0.2, 0.25) is 5.91 Å². The van der Waals surface area contributed by atoms with E-state index in [9.17, 15) is 9.18 Å². The maximum atomic E-state index is 13.8. The summed E-state index contributed by atoms with van der Waals surface area (Å²) in [6.07, 6.45) is 6.41. The van der Waals surface area contributed by atoms with Crippen LogP contribution in [0.25, 0.3) is 0 Å². The Labute approximate surface area is 184 Å². The van der Waals surface area contributed by atoms with E-state index in [0.29, 0.717) is 36.5 Å². The number of allylic oxidation sites excluding steroid dienone is 3. The number of fused-ring (bicyclic) bond motifs is 2. The molecule has 3 unspecified atom stereocenters. The number of benzene rings is 1. The van der Waals surface area contributed by atoms with E-state index in [2.05, 4.69) is 43.1 Å². The van der Waals surface area contributed by atoms with Gasteiger partial charge < -0.3 is 15.8 Å². The monoisotopic (exact) mass is 427 g/mol. The van der Waals surface area contributed by atoms with Crippen molar-refractivity contribution < 1.29 is 13.9 Å². The van der Waals surface area contributed by atoms with Crippen molar-refractivity contribution in [1.82, 2.24) is 10.2 Å². The minimum atomic E-state index is -0.467. The number of nitrogens with zero attached hydrogens (tertiary/aromatic N) is 1. The van der Waals surface area contributed by atoms with Gasteiger partial charge >= 0.3 is 0 Å². The van der Waals surface area contributed by atoms with Crippen LogP contribution in [0.3, 0.4) is 0 Å². The zero-order chi connectivity index (χ0) is 22.3. The molecule has 3 N–H and O–H groups in total. The van der Waals surface area contributed by atoms with Gasteiger partial charge in [-0.05, 0) is 88.1 Å². The molecular weight excluding hydrogens is 393 g/mol. The average molecular weight is 428 g/mol. The molecule has 31 heavy (non-hydrogen) atoms. The van der Waals surface area contributed by atoms with Crippen LogP contribution >= 0.6 is 0 Å². The molecule has 2 fully saturated rings. The molecule has 1 aromatic rings. The van der Waals surface area contributed by atoms with E-state index in [-0.39, 0.29) is 17.6 Å². The first-order valence-electron chi connectivity index (χ1n) is 11.4. The summed E-state index contributed by atoms with van der Waals surface area (Å²) in [5, 5.41) is 3.18. The first-order valence-corrected chi connectivity index (χ1v) is 11.4. The first-order chi connectivity index (χ1) is 14.8. The molecule has 5 nitrogen and oxygen atoms in total. The molecule has 6 heteroatoms. The van der Waals surface area contributed by atoms with Crippen molar-refractivity contribution in [2.45, 2.75) is 83.5 Å². The largest absolute Gasteiger partial charge is 0.496 e. The van der Waals surface area contributed by atoms with Crippen molar-refractivity contribution >= 4 is 5.91 Å². The predicted molar refractivity (Wildman–Crippen MR) is 120 cm³/mol. The number of nitrogens with one attached hydrogen (secondary N) is 1. The van der Waals surface area contributed by atoms with Crippen molar-refractivity contribution in [3.63, 3.8) is 0 Å². The van der Waals surface area contributed by atoms with Gasteiger partial charge in [0, 0.05) is 35.4 Å². The lowest BCUT2D eigenvalue weighted by molar-refractivity contribution is -0.118. The van der Waals surface area contributed by atoms with E-state index in [4.69, 9.17) is 10.5 Å². The minimum absolute atomic E-state index is 0.138. The highest BCUT2D eigenvalue weighted by molar-refractivity contribution is 5.94. The molecule has 2 aliphatic heterocycles. The Morgan fingerprint density at radius 3 is 2.48 bits per heavy atom. The van der Waals surface area contributed by atoms with Crippen LogP contribution in [-0.4, -0.2) is 36.0 Å². The number of amides is 1. The first kappa shape index (κ1) is 21.9. The smallest absolute Gasteiger partial charge is 0.247 e. The third-order valence-electron chi connectivity index (χ3n) is 7.58. The van der Waals surface area contributed by atoms with E-state index in [0.717, 1.165) is 31.4 Å². The van der Waals surface area contributed by atoms with Crippen LogP contribution in [0.4, 0.5) is 4.39 Å². The molecule has 1 aliphatic carbocycles. The van der Waals surface area contributed by atoms with Crippen molar-refractivity contribution in [3.8, 4) is 5.75 Å². The lowest BCUT2D eigenvalue weighted by Gasteiger charge is -2.43. The zero-order valence-corrected chi connectivity index (χ0v) is 19.0. The average Bonchev–Trinajstić information content (AvgIpc) is 3.01. The van der Waals surface area contributed by atoms with Crippen LogP contribution in [0.2, 0.25) is 0 Å². The maximum absolute atomic E-state index is 13.8. The molecule has 0 aromatic heterocycles. The molecule has 2 bridgehead atoms. The molecule has 0 saturated carbocycles. The van der Waals surface area contributed by atoms with E-state index < -0.39 is 5.83 Å².